The second-order valence-electron chi connectivity index (χ2n) is 8.46. The summed E-state index contributed by atoms with van der Waals surface area (Å²) in [6, 6.07) is 14.3. The van der Waals surface area contributed by atoms with Gasteiger partial charge < -0.3 is 15.5 Å². The van der Waals surface area contributed by atoms with Crippen LogP contribution >= 0.6 is 0 Å². The van der Waals surface area contributed by atoms with E-state index in [-0.39, 0.29) is 17.9 Å². The van der Waals surface area contributed by atoms with Crippen molar-refractivity contribution >= 4 is 23.2 Å². The lowest BCUT2D eigenvalue weighted by Gasteiger charge is -2.32. The van der Waals surface area contributed by atoms with E-state index in [0.29, 0.717) is 17.7 Å². The molecule has 0 aromatic heterocycles. The highest BCUT2D eigenvalue weighted by Crippen LogP contribution is 2.30. The molecule has 166 valence electrons. The molecule has 2 N–H and O–H groups in total. The van der Waals surface area contributed by atoms with Crippen molar-refractivity contribution in [3.63, 3.8) is 0 Å². The van der Waals surface area contributed by atoms with Crippen LogP contribution in [-0.2, 0) is 17.8 Å². The zero-order valence-electron chi connectivity index (χ0n) is 19.0. The van der Waals surface area contributed by atoms with Crippen LogP contribution in [0, 0.1) is 0 Å². The Hall–Kier alpha value is -2.82. The first-order chi connectivity index (χ1) is 15.0. The Balaban J connectivity index is 1.84. The van der Waals surface area contributed by atoms with Gasteiger partial charge in [-0.15, -0.1) is 0 Å². The maximum atomic E-state index is 13.1. The van der Waals surface area contributed by atoms with Crippen LogP contribution in [0.4, 0.5) is 11.4 Å². The number of hydrogen-bond acceptors (Lipinski definition) is 3. The highest BCUT2D eigenvalue weighted by atomic mass is 16.2. The zero-order valence-corrected chi connectivity index (χ0v) is 19.0. The Morgan fingerprint density at radius 3 is 2.58 bits per heavy atom. The van der Waals surface area contributed by atoms with Gasteiger partial charge in [0.15, 0.2) is 0 Å². The van der Waals surface area contributed by atoms with Crippen molar-refractivity contribution in [1.29, 1.82) is 0 Å². The SMILES string of the molecule is CCCCCC(=O)Nc1ccc(N2CCc3ccccc3C2)c(C(=O)N[C@@H](C)CC)c1. The largest absolute Gasteiger partial charge is 0.366 e. The lowest BCUT2D eigenvalue weighted by atomic mass is 9.98. The molecular formula is C26H35N3O2. The summed E-state index contributed by atoms with van der Waals surface area (Å²) in [4.78, 5) is 27.7. The molecule has 0 unspecified atom stereocenters. The van der Waals surface area contributed by atoms with Gasteiger partial charge in [-0.2, -0.15) is 0 Å². The van der Waals surface area contributed by atoms with Crippen molar-refractivity contribution in [2.45, 2.75) is 71.9 Å². The van der Waals surface area contributed by atoms with Gasteiger partial charge in [0.1, 0.15) is 0 Å². The maximum Gasteiger partial charge on any atom is 0.253 e. The van der Waals surface area contributed by atoms with Gasteiger partial charge in [-0.25, -0.2) is 0 Å². The van der Waals surface area contributed by atoms with Gasteiger partial charge in [0.05, 0.1) is 5.56 Å². The second-order valence-corrected chi connectivity index (χ2v) is 8.46. The molecule has 5 heteroatoms. The number of carbonyl (C=O) groups is 2. The Morgan fingerprint density at radius 1 is 1.06 bits per heavy atom. The first-order valence-corrected chi connectivity index (χ1v) is 11.6. The van der Waals surface area contributed by atoms with Gasteiger partial charge >= 0.3 is 0 Å². The molecule has 31 heavy (non-hydrogen) atoms. The smallest absolute Gasteiger partial charge is 0.253 e. The van der Waals surface area contributed by atoms with Crippen LogP contribution in [0.3, 0.4) is 0 Å². The van der Waals surface area contributed by atoms with Crippen molar-refractivity contribution in [2.24, 2.45) is 0 Å². The molecule has 0 bridgehead atoms. The van der Waals surface area contributed by atoms with E-state index in [4.69, 9.17) is 0 Å². The molecule has 2 aromatic carbocycles. The summed E-state index contributed by atoms with van der Waals surface area (Å²) in [7, 11) is 0. The lowest BCUT2D eigenvalue weighted by Crippen LogP contribution is -2.35. The van der Waals surface area contributed by atoms with Crippen LogP contribution in [0.25, 0.3) is 0 Å². The Kier molecular flexibility index (Phi) is 8.10. The highest BCUT2D eigenvalue weighted by molar-refractivity contribution is 6.02. The molecule has 1 atom stereocenters. The minimum absolute atomic E-state index is 0.00128. The number of hydrogen-bond donors (Lipinski definition) is 2. The fraction of sp³-hybridized carbons (Fsp3) is 0.462. The van der Waals surface area contributed by atoms with E-state index in [9.17, 15) is 9.59 Å². The number of carbonyl (C=O) groups excluding carboxylic acids is 2. The van der Waals surface area contributed by atoms with Crippen molar-refractivity contribution in [3.8, 4) is 0 Å². The first kappa shape index (κ1) is 22.9. The molecule has 1 heterocycles. The number of anilines is 2. The molecule has 5 nitrogen and oxygen atoms in total. The number of rotatable bonds is 9. The van der Waals surface area contributed by atoms with E-state index >= 15 is 0 Å². The average molecular weight is 422 g/mol. The molecule has 3 rings (SSSR count). The molecule has 0 spiro atoms. The summed E-state index contributed by atoms with van der Waals surface area (Å²) in [5, 5.41) is 6.06. The standard InChI is InChI=1S/C26H35N3O2/c1-4-6-7-12-25(30)28-22-13-14-24(23(17-22)26(31)27-19(3)5-2)29-16-15-20-10-8-9-11-21(20)18-29/h8-11,13-14,17,19H,4-7,12,15-16,18H2,1-3H3,(H,27,31)(H,28,30)/t19-/m0/s1. The molecule has 1 aliphatic heterocycles. The van der Waals surface area contributed by atoms with E-state index in [0.717, 1.165) is 50.9 Å². The summed E-state index contributed by atoms with van der Waals surface area (Å²) in [5.41, 5.74) is 4.89. The van der Waals surface area contributed by atoms with Crippen LogP contribution in [0.1, 0.15) is 74.4 Å². The van der Waals surface area contributed by atoms with Crippen molar-refractivity contribution in [3.05, 3.63) is 59.2 Å². The van der Waals surface area contributed by atoms with Crippen LogP contribution in [-0.4, -0.2) is 24.4 Å². The van der Waals surface area contributed by atoms with Crippen LogP contribution < -0.4 is 15.5 Å². The molecule has 2 aromatic rings. The van der Waals surface area contributed by atoms with E-state index in [1.807, 2.05) is 25.1 Å². The average Bonchev–Trinajstić information content (AvgIpc) is 2.78. The van der Waals surface area contributed by atoms with Gasteiger partial charge in [-0.05, 0) is 55.5 Å². The van der Waals surface area contributed by atoms with Gasteiger partial charge in [0.25, 0.3) is 5.91 Å². The van der Waals surface area contributed by atoms with E-state index in [2.05, 4.69) is 53.6 Å². The number of benzene rings is 2. The Labute approximate surface area is 186 Å². The third-order valence-corrected chi connectivity index (χ3v) is 5.99. The number of fused-ring (bicyclic) bond motifs is 1. The van der Waals surface area contributed by atoms with Crippen molar-refractivity contribution < 1.29 is 9.59 Å². The predicted octanol–water partition coefficient (Wildman–Crippen LogP) is 5.30. The summed E-state index contributed by atoms with van der Waals surface area (Å²) in [6.07, 6.45) is 5.35. The summed E-state index contributed by atoms with van der Waals surface area (Å²) >= 11 is 0. The minimum Gasteiger partial charge on any atom is -0.366 e. The van der Waals surface area contributed by atoms with E-state index in [1.165, 1.54) is 11.1 Å². The van der Waals surface area contributed by atoms with Crippen molar-refractivity contribution in [1.82, 2.24) is 5.32 Å². The highest BCUT2D eigenvalue weighted by Gasteiger charge is 2.22. The molecule has 0 saturated heterocycles. The molecular weight excluding hydrogens is 386 g/mol. The van der Waals surface area contributed by atoms with Gasteiger partial charge in [-0.3, -0.25) is 9.59 Å². The molecule has 0 radical (unpaired) electrons. The van der Waals surface area contributed by atoms with E-state index < -0.39 is 0 Å². The molecule has 0 aliphatic carbocycles. The van der Waals surface area contributed by atoms with Crippen molar-refractivity contribution in [2.75, 3.05) is 16.8 Å². The van der Waals surface area contributed by atoms with E-state index in [1.54, 1.807) is 0 Å². The summed E-state index contributed by atoms with van der Waals surface area (Å²) in [6.45, 7) is 7.83. The third kappa shape index (κ3) is 6.09. The molecule has 1 aliphatic rings. The third-order valence-electron chi connectivity index (χ3n) is 5.99. The van der Waals surface area contributed by atoms with Gasteiger partial charge in [0, 0.05) is 36.9 Å². The number of nitrogens with one attached hydrogen (secondary N) is 2. The summed E-state index contributed by atoms with van der Waals surface area (Å²) in [5.74, 6) is -0.0910. The van der Waals surface area contributed by atoms with Gasteiger partial charge in [0.2, 0.25) is 5.91 Å². The maximum absolute atomic E-state index is 13.1. The molecule has 0 fully saturated rings. The number of amides is 2. The normalized spacial score (nSPS) is 14.0. The predicted molar refractivity (Wildman–Crippen MR) is 128 cm³/mol. The lowest BCUT2D eigenvalue weighted by molar-refractivity contribution is -0.116. The molecule has 0 saturated carbocycles. The van der Waals surface area contributed by atoms with Gasteiger partial charge in [-0.1, -0.05) is 51.0 Å². The fourth-order valence-corrected chi connectivity index (χ4v) is 3.94. The number of nitrogens with zero attached hydrogens (tertiary/aromatic N) is 1. The first-order valence-electron chi connectivity index (χ1n) is 11.6. The minimum atomic E-state index is -0.0923. The zero-order chi connectivity index (χ0) is 22.2. The quantitative estimate of drug-likeness (QED) is 0.540. The van der Waals surface area contributed by atoms with Crippen LogP contribution in [0.15, 0.2) is 42.5 Å². The number of unbranched alkanes of at least 4 members (excludes halogenated alkanes) is 2. The summed E-state index contributed by atoms with van der Waals surface area (Å²) < 4.78 is 0. The molecule has 2 amide bonds. The topological polar surface area (TPSA) is 61.4 Å². The van der Waals surface area contributed by atoms with Crippen LogP contribution in [0.2, 0.25) is 0 Å². The fourth-order valence-electron chi connectivity index (χ4n) is 3.94. The second kappa shape index (κ2) is 11.0. The Bertz CT molecular complexity index is 909. The monoisotopic (exact) mass is 421 g/mol. The Morgan fingerprint density at radius 2 is 1.84 bits per heavy atom. The van der Waals surface area contributed by atoms with Crippen LogP contribution in [0.5, 0.6) is 0 Å².